The number of carboxylic acid groups (broad SMARTS) is 1. The number of rotatable bonds is 6. The molecule has 2 saturated carbocycles. The average molecular weight is 305 g/mol. The maximum absolute atomic E-state index is 13.2. The summed E-state index contributed by atoms with van der Waals surface area (Å²) in [6, 6.07) is 6.65. The Morgan fingerprint density at radius 2 is 1.91 bits per heavy atom. The second kappa shape index (κ2) is 6.07. The first kappa shape index (κ1) is 15.0. The zero-order valence-electron chi connectivity index (χ0n) is 12.4. The normalized spacial score (nSPS) is 23.7. The van der Waals surface area contributed by atoms with E-state index in [1.165, 1.54) is 12.1 Å². The topological polar surface area (TPSA) is 57.6 Å². The number of hydrogen-bond acceptors (Lipinski definition) is 2. The van der Waals surface area contributed by atoms with E-state index in [0.717, 1.165) is 18.4 Å². The molecule has 2 unspecified atom stereocenters. The molecular formula is C17H20FNO3. The molecule has 1 amide bonds. The molecule has 0 saturated heterocycles. The van der Waals surface area contributed by atoms with Crippen LogP contribution in [0.2, 0.25) is 0 Å². The number of amides is 1. The third-order valence-corrected chi connectivity index (χ3v) is 4.71. The van der Waals surface area contributed by atoms with Crippen LogP contribution in [0.5, 0.6) is 0 Å². The van der Waals surface area contributed by atoms with Crippen molar-refractivity contribution in [1.82, 2.24) is 4.90 Å². The van der Waals surface area contributed by atoms with Crippen molar-refractivity contribution in [3.63, 3.8) is 0 Å². The maximum atomic E-state index is 13.2. The van der Waals surface area contributed by atoms with Gasteiger partial charge in [-0.15, -0.1) is 0 Å². The first-order valence-corrected chi connectivity index (χ1v) is 7.84. The fourth-order valence-electron chi connectivity index (χ4n) is 3.11. The predicted octanol–water partition coefficient (Wildman–Crippen LogP) is 2.47. The Morgan fingerprint density at radius 1 is 1.18 bits per heavy atom. The van der Waals surface area contributed by atoms with Crippen LogP contribution in [0.25, 0.3) is 0 Å². The van der Waals surface area contributed by atoms with Crippen molar-refractivity contribution >= 4 is 11.9 Å². The molecule has 118 valence electrons. The van der Waals surface area contributed by atoms with Crippen molar-refractivity contribution in [3.8, 4) is 0 Å². The van der Waals surface area contributed by atoms with Crippen LogP contribution in [0.4, 0.5) is 4.39 Å². The van der Waals surface area contributed by atoms with Crippen molar-refractivity contribution in [2.45, 2.75) is 38.1 Å². The van der Waals surface area contributed by atoms with Gasteiger partial charge in [-0.3, -0.25) is 9.59 Å². The Bertz CT molecular complexity index is 585. The first-order valence-electron chi connectivity index (χ1n) is 7.84. The Kier molecular flexibility index (Phi) is 4.14. The van der Waals surface area contributed by atoms with Crippen molar-refractivity contribution in [2.75, 3.05) is 6.54 Å². The summed E-state index contributed by atoms with van der Waals surface area (Å²) >= 11 is 0. The number of carbonyl (C=O) groups is 2. The molecule has 5 heteroatoms. The molecule has 4 nitrogen and oxygen atoms in total. The second-order valence-corrected chi connectivity index (χ2v) is 6.27. The number of benzene rings is 1. The van der Waals surface area contributed by atoms with Crippen LogP contribution >= 0.6 is 0 Å². The molecule has 1 aromatic rings. The van der Waals surface area contributed by atoms with Gasteiger partial charge in [-0.05, 0) is 49.8 Å². The predicted molar refractivity (Wildman–Crippen MR) is 78.7 cm³/mol. The van der Waals surface area contributed by atoms with Crippen LogP contribution in [0.3, 0.4) is 0 Å². The van der Waals surface area contributed by atoms with Crippen molar-refractivity contribution in [3.05, 3.63) is 35.6 Å². The molecule has 2 fully saturated rings. The summed E-state index contributed by atoms with van der Waals surface area (Å²) in [5, 5.41) is 9.11. The van der Waals surface area contributed by atoms with E-state index in [0.29, 0.717) is 25.8 Å². The molecule has 1 N–H and O–H groups in total. The highest BCUT2D eigenvalue weighted by Gasteiger charge is 2.45. The third-order valence-electron chi connectivity index (χ3n) is 4.71. The van der Waals surface area contributed by atoms with Gasteiger partial charge in [-0.2, -0.15) is 0 Å². The van der Waals surface area contributed by atoms with Crippen LogP contribution < -0.4 is 0 Å². The lowest BCUT2D eigenvalue weighted by Gasteiger charge is -2.36. The van der Waals surface area contributed by atoms with Crippen molar-refractivity contribution in [1.29, 1.82) is 0 Å². The van der Waals surface area contributed by atoms with Crippen LogP contribution in [-0.2, 0) is 16.0 Å². The minimum absolute atomic E-state index is 0.0300. The molecule has 1 aromatic carbocycles. The third kappa shape index (κ3) is 3.13. The molecule has 2 aliphatic rings. The summed E-state index contributed by atoms with van der Waals surface area (Å²) in [5.74, 6) is -2.07. The minimum Gasteiger partial charge on any atom is -0.481 e. The molecule has 0 bridgehead atoms. The Balaban J connectivity index is 1.63. The maximum Gasteiger partial charge on any atom is 0.307 e. The highest BCUT2D eigenvalue weighted by Crippen LogP contribution is 2.38. The van der Waals surface area contributed by atoms with Gasteiger partial charge in [0.1, 0.15) is 5.82 Å². The molecule has 0 heterocycles. The van der Waals surface area contributed by atoms with Crippen LogP contribution in [-0.4, -0.2) is 34.5 Å². The molecule has 3 rings (SSSR count). The van der Waals surface area contributed by atoms with E-state index in [2.05, 4.69) is 0 Å². The first-order chi connectivity index (χ1) is 10.6. The molecule has 22 heavy (non-hydrogen) atoms. The number of carbonyl (C=O) groups excluding carboxylic acids is 1. The van der Waals surface area contributed by atoms with Gasteiger partial charge in [0.2, 0.25) is 5.91 Å². The number of carboxylic acids is 1. The largest absolute Gasteiger partial charge is 0.481 e. The summed E-state index contributed by atoms with van der Waals surface area (Å²) in [7, 11) is 0. The van der Waals surface area contributed by atoms with Crippen molar-refractivity contribution < 1.29 is 19.1 Å². The summed E-state index contributed by atoms with van der Waals surface area (Å²) in [6.07, 6.45) is 3.83. The second-order valence-electron chi connectivity index (χ2n) is 6.27. The SMILES string of the molecule is O=C(O)C1CCC1C(=O)N(CCc1cccc(F)c1)C1CC1. The highest BCUT2D eigenvalue weighted by molar-refractivity contribution is 5.86. The van der Waals surface area contributed by atoms with Crippen molar-refractivity contribution in [2.24, 2.45) is 11.8 Å². The molecule has 0 radical (unpaired) electrons. The number of hydrogen-bond donors (Lipinski definition) is 1. The molecule has 2 aliphatic carbocycles. The standard InChI is InChI=1S/C17H20FNO3/c18-12-3-1-2-11(10-12)8-9-19(13-4-5-13)16(20)14-6-7-15(14)17(21)22/h1-3,10,13-15H,4-9H2,(H,21,22). The Labute approximate surface area is 128 Å². The van der Waals surface area contributed by atoms with E-state index in [1.54, 1.807) is 6.07 Å². The smallest absolute Gasteiger partial charge is 0.307 e. The van der Waals surface area contributed by atoms with Crippen LogP contribution in [0, 0.1) is 17.7 Å². The minimum atomic E-state index is -0.870. The van der Waals surface area contributed by atoms with Gasteiger partial charge in [0, 0.05) is 12.6 Å². The fraction of sp³-hybridized carbons (Fsp3) is 0.529. The van der Waals surface area contributed by atoms with Crippen LogP contribution in [0.15, 0.2) is 24.3 Å². The summed E-state index contributed by atoms with van der Waals surface area (Å²) in [5.41, 5.74) is 0.863. The monoisotopic (exact) mass is 305 g/mol. The molecular weight excluding hydrogens is 285 g/mol. The fourth-order valence-corrected chi connectivity index (χ4v) is 3.11. The lowest BCUT2D eigenvalue weighted by atomic mass is 9.73. The van der Waals surface area contributed by atoms with E-state index in [-0.39, 0.29) is 23.7 Å². The quantitative estimate of drug-likeness (QED) is 0.878. The highest BCUT2D eigenvalue weighted by atomic mass is 19.1. The van der Waals surface area contributed by atoms with Gasteiger partial charge < -0.3 is 10.0 Å². The Hall–Kier alpha value is -1.91. The van der Waals surface area contributed by atoms with E-state index in [9.17, 15) is 14.0 Å². The molecule has 0 aliphatic heterocycles. The molecule has 2 atom stereocenters. The van der Waals surface area contributed by atoms with E-state index < -0.39 is 11.9 Å². The van der Waals surface area contributed by atoms with E-state index in [4.69, 9.17) is 5.11 Å². The lowest BCUT2D eigenvalue weighted by molar-refractivity contribution is -0.156. The van der Waals surface area contributed by atoms with Gasteiger partial charge in [-0.1, -0.05) is 12.1 Å². The summed E-state index contributed by atoms with van der Waals surface area (Å²) < 4.78 is 13.2. The van der Waals surface area contributed by atoms with Gasteiger partial charge >= 0.3 is 5.97 Å². The van der Waals surface area contributed by atoms with E-state index in [1.807, 2.05) is 11.0 Å². The van der Waals surface area contributed by atoms with E-state index >= 15 is 0 Å². The van der Waals surface area contributed by atoms with Gasteiger partial charge in [0.25, 0.3) is 0 Å². The van der Waals surface area contributed by atoms with Gasteiger partial charge in [0.05, 0.1) is 11.8 Å². The number of halogens is 1. The average Bonchev–Trinajstić information content (AvgIpc) is 3.21. The van der Waals surface area contributed by atoms with Crippen LogP contribution in [0.1, 0.15) is 31.2 Å². The van der Waals surface area contributed by atoms with Gasteiger partial charge in [0.15, 0.2) is 0 Å². The molecule has 0 aromatic heterocycles. The summed E-state index contributed by atoms with van der Waals surface area (Å²) in [6.45, 7) is 0.537. The number of aliphatic carboxylic acids is 1. The zero-order valence-corrected chi connectivity index (χ0v) is 12.4. The zero-order chi connectivity index (χ0) is 15.7. The van der Waals surface area contributed by atoms with Gasteiger partial charge in [-0.25, -0.2) is 4.39 Å². The Morgan fingerprint density at radius 3 is 2.45 bits per heavy atom. The molecule has 0 spiro atoms. The summed E-state index contributed by atoms with van der Waals surface area (Å²) in [4.78, 5) is 25.5. The lowest BCUT2D eigenvalue weighted by Crippen LogP contribution is -2.47. The number of nitrogens with zero attached hydrogens (tertiary/aromatic N) is 1.